The average Bonchev–Trinajstić information content (AvgIpc) is 2.89. The molecular formula is C27H32N4O4. The molecule has 2 fully saturated rings. The van der Waals surface area contributed by atoms with Crippen molar-refractivity contribution in [2.75, 3.05) is 25.0 Å². The second kappa shape index (κ2) is 10.6. The van der Waals surface area contributed by atoms with Gasteiger partial charge in [0, 0.05) is 57.3 Å². The Labute approximate surface area is 205 Å². The van der Waals surface area contributed by atoms with Crippen molar-refractivity contribution in [3.8, 4) is 0 Å². The zero-order valence-corrected chi connectivity index (χ0v) is 19.8. The van der Waals surface area contributed by atoms with Gasteiger partial charge in [-0.3, -0.25) is 14.5 Å². The van der Waals surface area contributed by atoms with Gasteiger partial charge in [-0.15, -0.1) is 0 Å². The zero-order chi connectivity index (χ0) is 24.1. The molecule has 2 aromatic rings. The average molecular weight is 477 g/mol. The second-order valence-electron chi connectivity index (χ2n) is 9.44. The Balaban J connectivity index is 1.16. The minimum atomic E-state index is -0.424. The van der Waals surface area contributed by atoms with Gasteiger partial charge >= 0.3 is 0 Å². The fourth-order valence-corrected chi connectivity index (χ4v) is 4.85. The Kier molecular flexibility index (Phi) is 7.13. The molecule has 1 unspecified atom stereocenters. The smallest absolute Gasteiger partial charge is 0.267 e. The van der Waals surface area contributed by atoms with E-state index in [2.05, 4.69) is 45.3 Å². The lowest BCUT2D eigenvalue weighted by Crippen LogP contribution is -2.62. The van der Waals surface area contributed by atoms with Crippen molar-refractivity contribution in [2.45, 2.75) is 50.6 Å². The van der Waals surface area contributed by atoms with E-state index in [1.807, 2.05) is 18.2 Å². The largest absolute Gasteiger partial charge is 0.362 e. The number of fused-ring (bicyclic) bond motifs is 1. The molecule has 0 aromatic heterocycles. The van der Waals surface area contributed by atoms with E-state index in [0.29, 0.717) is 12.2 Å². The van der Waals surface area contributed by atoms with Gasteiger partial charge in [-0.25, -0.2) is 10.3 Å². The van der Waals surface area contributed by atoms with E-state index in [9.17, 15) is 9.59 Å². The van der Waals surface area contributed by atoms with Crippen molar-refractivity contribution >= 4 is 23.6 Å². The summed E-state index contributed by atoms with van der Waals surface area (Å²) >= 11 is 0. The number of piperidine rings is 1. The van der Waals surface area contributed by atoms with E-state index in [1.54, 1.807) is 12.1 Å². The first-order valence-corrected chi connectivity index (χ1v) is 12.3. The molecule has 1 atom stereocenters. The number of anilines is 1. The van der Waals surface area contributed by atoms with Crippen LogP contribution in [0.1, 0.15) is 53.6 Å². The number of rotatable bonds is 6. The van der Waals surface area contributed by atoms with Crippen LogP contribution in [0.25, 0.3) is 6.08 Å². The monoisotopic (exact) mass is 476 g/mol. The lowest BCUT2D eigenvalue weighted by Gasteiger charge is -2.46. The quantitative estimate of drug-likeness (QED) is 0.437. The normalized spacial score (nSPS) is 21.8. The maximum absolute atomic E-state index is 13.0. The van der Waals surface area contributed by atoms with Crippen LogP contribution in [0.3, 0.4) is 0 Å². The lowest BCUT2D eigenvalue weighted by atomic mass is 9.91. The summed E-state index contributed by atoms with van der Waals surface area (Å²) in [7, 11) is 0. The number of ether oxygens (including phenoxy) is 1. The number of hydrogen-bond donors (Lipinski definition) is 3. The minimum absolute atomic E-state index is 0.0901. The summed E-state index contributed by atoms with van der Waals surface area (Å²) in [5.41, 5.74) is 5.45. The number of carbonyl (C=O) groups excluding carboxylic acids is 2. The highest BCUT2D eigenvalue weighted by Crippen LogP contribution is 2.32. The molecule has 0 bridgehead atoms. The van der Waals surface area contributed by atoms with Gasteiger partial charge in [0.15, 0.2) is 6.29 Å². The zero-order valence-electron chi connectivity index (χ0n) is 19.8. The Morgan fingerprint density at radius 2 is 1.97 bits per heavy atom. The molecule has 2 aromatic carbocycles. The number of likely N-dealkylation sites (tertiary alicyclic amines) is 1. The van der Waals surface area contributed by atoms with Crippen LogP contribution in [0.4, 0.5) is 5.69 Å². The molecule has 0 radical (unpaired) electrons. The summed E-state index contributed by atoms with van der Waals surface area (Å²) in [6.07, 6.45) is 7.14. The first-order valence-electron chi connectivity index (χ1n) is 12.3. The summed E-state index contributed by atoms with van der Waals surface area (Å²) in [5, 5.41) is 6.79. The van der Waals surface area contributed by atoms with Crippen LogP contribution in [0, 0.1) is 0 Å². The van der Waals surface area contributed by atoms with Crippen molar-refractivity contribution in [2.24, 2.45) is 0 Å². The maximum Gasteiger partial charge on any atom is 0.267 e. The standard InChI is InChI=1S/C27H32N4O4/c32-24(30-35-25-8-4-5-17-34-25)12-10-20-9-11-23-22(18-20)26(33)29-27(28-23)13-15-31(16-14-27)19-21-6-2-1-3-7-21/h1-3,6-7,9-12,18,25,28H,4-5,8,13-17,19H2,(H,29,33)(H,30,32)/b12-10+. The fraction of sp³-hybridized carbons (Fsp3) is 0.407. The van der Waals surface area contributed by atoms with Crippen LogP contribution in [0.5, 0.6) is 0 Å². The van der Waals surface area contributed by atoms with Crippen LogP contribution >= 0.6 is 0 Å². The lowest BCUT2D eigenvalue weighted by molar-refractivity contribution is -0.198. The highest BCUT2D eigenvalue weighted by Gasteiger charge is 2.40. The van der Waals surface area contributed by atoms with Crippen LogP contribution in [0.2, 0.25) is 0 Å². The molecule has 5 rings (SSSR count). The Bertz CT molecular complexity index is 1070. The van der Waals surface area contributed by atoms with Gasteiger partial charge in [0.2, 0.25) is 0 Å². The topological polar surface area (TPSA) is 91.9 Å². The second-order valence-corrected chi connectivity index (χ2v) is 9.44. The Morgan fingerprint density at radius 3 is 2.74 bits per heavy atom. The summed E-state index contributed by atoms with van der Waals surface area (Å²) in [4.78, 5) is 32.8. The van der Waals surface area contributed by atoms with Crippen molar-refractivity contribution in [1.29, 1.82) is 0 Å². The van der Waals surface area contributed by atoms with E-state index in [1.165, 1.54) is 11.6 Å². The summed E-state index contributed by atoms with van der Waals surface area (Å²) in [6, 6.07) is 16.1. The molecule has 3 aliphatic heterocycles. The first-order chi connectivity index (χ1) is 17.1. The van der Waals surface area contributed by atoms with Gasteiger partial charge in [-0.2, -0.15) is 0 Å². The summed E-state index contributed by atoms with van der Waals surface area (Å²) in [6.45, 7) is 3.38. The number of carbonyl (C=O) groups is 2. The highest BCUT2D eigenvalue weighted by atomic mass is 16.8. The number of nitrogens with zero attached hydrogens (tertiary/aromatic N) is 1. The first kappa shape index (κ1) is 23.5. The molecule has 35 heavy (non-hydrogen) atoms. The number of hydrogen-bond acceptors (Lipinski definition) is 6. The molecule has 3 N–H and O–H groups in total. The SMILES string of the molecule is O=C(/C=C/c1ccc2c(c1)C(=O)NC1(CCN(Cc3ccccc3)CC1)N2)NOC1CCCCO1. The highest BCUT2D eigenvalue weighted by molar-refractivity contribution is 6.03. The van der Waals surface area contributed by atoms with E-state index >= 15 is 0 Å². The van der Waals surface area contributed by atoms with Crippen molar-refractivity contribution < 1.29 is 19.2 Å². The molecule has 2 saturated heterocycles. The minimum Gasteiger partial charge on any atom is -0.362 e. The third-order valence-corrected chi connectivity index (χ3v) is 6.83. The van der Waals surface area contributed by atoms with Crippen LogP contribution in [-0.2, 0) is 20.9 Å². The summed E-state index contributed by atoms with van der Waals surface area (Å²) in [5.74, 6) is -0.464. The van der Waals surface area contributed by atoms with Gasteiger partial charge < -0.3 is 15.4 Å². The van der Waals surface area contributed by atoms with E-state index in [0.717, 1.165) is 63.0 Å². The molecule has 184 valence electrons. The molecule has 3 aliphatic rings. The molecule has 3 heterocycles. The van der Waals surface area contributed by atoms with Crippen LogP contribution in [0.15, 0.2) is 54.6 Å². The van der Waals surface area contributed by atoms with Crippen LogP contribution < -0.4 is 16.1 Å². The van der Waals surface area contributed by atoms with Gasteiger partial charge in [0.25, 0.3) is 11.8 Å². The van der Waals surface area contributed by atoms with Crippen molar-refractivity contribution in [3.05, 3.63) is 71.3 Å². The number of benzene rings is 2. The third-order valence-electron chi connectivity index (χ3n) is 6.83. The predicted molar refractivity (Wildman–Crippen MR) is 133 cm³/mol. The van der Waals surface area contributed by atoms with Gasteiger partial charge in [-0.1, -0.05) is 36.4 Å². The molecular weight excluding hydrogens is 444 g/mol. The summed E-state index contributed by atoms with van der Waals surface area (Å²) < 4.78 is 5.43. The molecule has 8 heteroatoms. The van der Waals surface area contributed by atoms with Gasteiger partial charge in [0.05, 0.1) is 5.56 Å². The number of hydroxylamine groups is 1. The number of nitrogens with one attached hydrogen (secondary N) is 3. The van der Waals surface area contributed by atoms with Gasteiger partial charge in [0.1, 0.15) is 5.66 Å². The van der Waals surface area contributed by atoms with Crippen LogP contribution in [-0.4, -0.2) is 48.4 Å². The molecule has 8 nitrogen and oxygen atoms in total. The van der Waals surface area contributed by atoms with E-state index in [4.69, 9.17) is 9.57 Å². The Hall–Kier alpha value is -3.20. The number of amides is 2. The van der Waals surface area contributed by atoms with E-state index in [-0.39, 0.29) is 11.8 Å². The molecule has 0 aliphatic carbocycles. The van der Waals surface area contributed by atoms with E-state index < -0.39 is 12.0 Å². The van der Waals surface area contributed by atoms with Gasteiger partial charge in [-0.05, 0) is 42.2 Å². The Morgan fingerprint density at radius 1 is 1.14 bits per heavy atom. The predicted octanol–water partition coefficient (Wildman–Crippen LogP) is 3.42. The molecule has 1 spiro atoms. The maximum atomic E-state index is 13.0. The van der Waals surface area contributed by atoms with Crippen molar-refractivity contribution in [1.82, 2.24) is 15.7 Å². The van der Waals surface area contributed by atoms with Crippen molar-refractivity contribution in [3.63, 3.8) is 0 Å². The molecule has 0 saturated carbocycles. The fourth-order valence-electron chi connectivity index (χ4n) is 4.85. The molecule has 2 amide bonds. The third kappa shape index (κ3) is 5.90.